The molecule has 164 valence electrons. The highest BCUT2D eigenvalue weighted by Gasteiger charge is 2.31. The lowest BCUT2D eigenvalue weighted by Gasteiger charge is -2.29. The summed E-state index contributed by atoms with van der Waals surface area (Å²) in [5.41, 5.74) is 1.16. The maximum atomic E-state index is 12.3. The van der Waals surface area contributed by atoms with Crippen LogP contribution in [0.25, 0.3) is 0 Å². The molecule has 5 heteroatoms. The van der Waals surface area contributed by atoms with Crippen molar-refractivity contribution in [2.24, 2.45) is 11.8 Å². The summed E-state index contributed by atoms with van der Waals surface area (Å²) >= 11 is 0. The molecule has 29 heavy (non-hydrogen) atoms. The number of hydrogen-bond donors (Lipinski definition) is 0. The van der Waals surface area contributed by atoms with Crippen molar-refractivity contribution in [3.63, 3.8) is 0 Å². The van der Waals surface area contributed by atoms with Gasteiger partial charge in [0.25, 0.3) is 0 Å². The number of benzene rings is 1. The minimum Gasteiger partial charge on any atom is -0.406 e. The van der Waals surface area contributed by atoms with Gasteiger partial charge in [-0.25, -0.2) is 0 Å². The summed E-state index contributed by atoms with van der Waals surface area (Å²) in [6, 6.07) is 11.2. The fourth-order valence-corrected chi connectivity index (χ4v) is 8.51. The Labute approximate surface area is 176 Å². The highest BCUT2D eigenvalue weighted by Crippen LogP contribution is 2.39. The predicted molar refractivity (Wildman–Crippen MR) is 116 cm³/mol. The second-order valence-corrected chi connectivity index (χ2v) is 13.1. The van der Waals surface area contributed by atoms with Gasteiger partial charge in [0.1, 0.15) is 5.75 Å². The Morgan fingerprint density at radius 1 is 0.862 bits per heavy atom. The maximum Gasteiger partial charge on any atom is 0.573 e. The molecular weight excluding hydrogens is 389 g/mol. The molecule has 1 saturated heterocycles. The van der Waals surface area contributed by atoms with Crippen LogP contribution in [0.15, 0.2) is 24.3 Å². The summed E-state index contributed by atoms with van der Waals surface area (Å²) in [6.07, 6.45) is 8.87. The summed E-state index contributed by atoms with van der Waals surface area (Å²) in [6.45, 7) is 2.39. The Morgan fingerprint density at radius 3 is 1.93 bits per heavy atom. The van der Waals surface area contributed by atoms with Crippen molar-refractivity contribution in [3.05, 3.63) is 29.8 Å². The molecule has 0 amide bonds. The topological polar surface area (TPSA) is 9.23 Å². The van der Waals surface area contributed by atoms with E-state index in [2.05, 4.69) is 11.7 Å². The quantitative estimate of drug-likeness (QED) is 0.301. The molecule has 1 aliphatic carbocycles. The molecule has 0 bridgehead atoms. The predicted octanol–water partition coefficient (Wildman–Crippen LogP) is 8.08. The minimum absolute atomic E-state index is 0.125. The Bertz CT molecular complexity index is 585. The number of rotatable bonds is 8. The van der Waals surface area contributed by atoms with Gasteiger partial charge in [-0.2, -0.15) is 0 Å². The second kappa shape index (κ2) is 10.9. The van der Waals surface area contributed by atoms with Gasteiger partial charge in [0.15, 0.2) is 0 Å². The SMILES string of the molecule is CC[SiH]1CCC(CCCCC2CCC(c3ccc(OC(F)(F)F)cc3)CC2)CC1. The fourth-order valence-electron chi connectivity index (χ4n) is 5.52. The van der Waals surface area contributed by atoms with Crippen molar-refractivity contribution in [1.29, 1.82) is 0 Å². The van der Waals surface area contributed by atoms with E-state index < -0.39 is 6.36 Å². The van der Waals surface area contributed by atoms with Crippen LogP contribution < -0.4 is 4.74 Å². The molecule has 1 aromatic carbocycles. The number of hydrogen-bond acceptors (Lipinski definition) is 1. The molecule has 0 spiro atoms. The maximum absolute atomic E-state index is 12.3. The molecule has 1 nitrogen and oxygen atoms in total. The van der Waals surface area contributed by atoms with E-state index in [0.29, 0.717) is 5.92 Å². The smallest absolute Gasteiger partial charge is 0.406 e. The molecule has 0 aromatic heterocycles. The largest absolute Gasteiger partial charge is 0.573 e. The van der Waals surface area contributed by atoms with E-state index in [1.165, 1.54) is 69.5 Å². The van der Waals surface area contributed by atoms with Crippen LogP contribution in [0, 0.1) is 11.8 Å². The van der Waals surface area contributed by atoms with E-state index in [0.717, 1.165) is 30.2 Å². The molecule has 0 N–H and O–H groups in total. The minimum atomic E-state index is -4.61. The Balaban J connectivity index is 1.30. The van der Waals surface area contributed by atoms with Crippen molar-refractivity contribution in [1.82, 2.24) is 0 Å². The van der Waals surface area contributed by atoms with Crippen LogP contribution in [-0.2, 0) is 0 Å². The molecule has 1 aliphatic heterocycles. The first kappa shape index (κ1) is 22.7. The molecule has 1 heterocycles. The standard InChI is InChI=1S/C24H37F3OSi/c1-2-29-17-15-20(16-18-29)6-4-3-5-19-7-9-21(10-8-19)22-11-13-23(14-12-22)28-24(25,26)27/h11-14,19-21,29H,2-10,15-18H2,1H3. The van der Waals surface area contributed by atoms with E-state index in [1.54, 1.807) is 12.1 Å². The van der Waals surface area contributed by atoms with Gasteiger partial charge in [0.05, 0.1) is 0 Å². The van der Waals surface area contributed by atoms with Crippen molar-refractivity contribution in [2.75, 3.05) is 0 Å². The Morgan fingerprint density at radius 2 is 1.41 bits per heavy atom. The number of ether oxygens (including phenoxy) is 1. The zero-order chi connectivity index (χ0) is 20.7. The number of unbranched alkanes of at least 4 members (excludes halogenated alkanes) is 1. The molecule has 2 aliphatic rings. The first-order chi connectivity index (χ1) is 13.9. The van der Waals surface area contributed by atoms with Crippen LogP contribution in [0.3, 0.4) is 0 Å². The van der Waals surface area contributed by atoms with Crippen LogP contribution in [0.2, 0.25) is 18.1 Å². The fraction of sp³-hybridized carbons (Fsp3) is 0.750. The van der Waals surface area contributed by atoms with E-state index in [-0.39, 0.29) is 14.5 Å². The normalized spacial score (nSPS) is 28.3. The highest BCUT2D eigenvalue weighted by molar-refractivity contribution is 6.58. The van der Waals surface area contributed by atoms with Gasteiger partial charge >= 0.3 is 6.36 Å². The third kappa shape index (κ3) is 7.65. The molecule has 0 radical (unpaired) electrons. The summed E-state index contributed by atoms with van der Waals surface area (Å²) in [7, 11) is -0.310. The highest BCUT2D eigenvalue weighted by atomic mass is 28.3. The zero-order valence-electron chi connectivity index (χ0n) is 17.9. The average Bonchev–Trinajstić information content (AvgIpc) is 2.72. The number of alkyl halides is 3. The van der Waals surface area contributed by atoms with Crippen LogP contribution in [0.4, 0.5) is 13.2 Å². The van der Waals surface area contributed by atoms with E-state index in [9.17, 15) is 13.2 Å². The lowest BCUT2D eigenvalue weighted by Crippen LogP contribution is -2.20. The first-order valence-corrected chi connectivity index (χ1v) is 14.2. The van der Waals surface area contributed by atoms with Gasteiger partial charge in [-0.3, -0.25) is 0 Å². The van der Waals surface area contributed by atoms with Gasteiger partial charge < -0.3 is 4.74 Å². The van der Waals surface area contributed by atoms with Crippen LogP contribution in [0.1, 0.15) is 82.6 Å². The van der Waals surface area contributed by atoms with E-state index >= 15 is 0 Å². The van der Waals surface area contributed by atoms with Gasteiger partial charge in [0.2, 0.25) is 0 Å². The average molecular weight is 427 g/mol. The van der Waals surface area contributed by atoms with Gasteiger partial charge in [-0.1, -0.05) is 75.7 Å². The van der Waals surface area contributed by atoms with E-state index in [4.69, 9.17) is 0 Å². The second-order valence-electron chi connectivity index (χ2n) is 9.41. The van der Waals surface area contributed by atoms with Crippen molar-refractivity contribution in [3.8, 4) is 5.75 Å². The van der Waals surface area contributed by atoms with Crippen molar-refractivity contribution < 1.29 is 17.9 Å². The summed E-state index contributed by atoms with van der Waals surface area (Å²) in [5, 5.41) is 0. The summed E-state index contributed by atoms with van der Waals surface area (Å²) in [4.78, 5) is 0. The Hall–Kier alpha value is -0.973. The molecule has 1 saturated carbocycles. The first-order valence-electron chi connectivity index (χ1n) is 11.8. The monoisotopic (exact) mass is 426 g/mol. The summed E-state index contributed by atoms with van der Waals surface area (Å²) < 4.78 is 40.8. The molecular formula is C24H37F3OSi. The molecule has 1 aromatic rings. The molecule has 0 atom stereocenters. The van der Waals surface area contributed by atoms with Crippen molar-refractivity contribution >= 4 is 8.80 Å². The van der Waals surface area contributed by atoms with Crippen LogP contribution in [-0.4, -0.2) is 15.2 Å². The van der Waals surface area contributed by atoms with E-state index in [1.807, 2.05) is 12.1 Å². The van der Waals surface area contributed by atoms with Gasteiger partial charge in [0, 0.05) is 8.80 Å². The lowest BCUT2D eigenvalue weighted by molar-refractivity contribution is -0.274. The zero-order valence-corrected chi connectivity index (χ0v) is 19.0. The lowest BCUT2D eigenvalue weighted by atomic mass is 9.77. The van der Waals surface area contributed by atoms with Gasteiger partial charge in [-0.05, 0) is 61.1 Å². The number of halogens is 3. The molecule has 2 fully saturated rings. The molecule has 0 unspecified atom stereocenters. The van der Waals surface area contributed by atoms with Gasteiger partial charge in [-0.15, -0.1) is 13.2 Å². The molecule has 3 rings (SSSR count). The third-order valence-corrected chi connectivity index (χ3v) is 10.9. The third-order valence-electron chi connectivity index (χ3n) is 7.45. The van der Waals surface area contributed by atoms with Crippen molar-refractivity contribution in [2.45, 2.75) is 102 Å². The van der Waals surface area contributed by atoms with Crippen LogP contribution >= 0.6 is 0 Å². The Kier molecular flexibility index (Phi) is 8.52. The van der Waals surface area contributed by atoms with Crippen LogP contribution in [0.5, 0.6) is 5.75 Å². The summed E-state index contributed by atoms with van der Waals surface area (Å²) in [5.74, 6) is 2.23.